The van der Waals surface area contributed by atoms with E-state index < -0.39 is 26.1 Å². The average Bonchev–Trinajstić information content (AvgIpc) is 3.63. The summed E-state index contributed by atoms with van der Waals surface area (Å²) in [7, 11) is -3.32. The molecule has 3 aromatic heterocycles. The van der Waals surface area contributed by atoms with Crippen molar-refractivity contribution in [1.29, 1.82) is 10.5 Å². The highest BCUT2D eigenvalue weighted by Gasteiger charge is 2.35. The van der Waals surface area contributed by atoms with Crippen molar-refractivity contribution in [2.75, 3.05) is 39.3 Å². The molecule has 0 fully saturated rings. The van der Waals surface area contributed by atoms with Crippen molar-refractivity contribution < 1.29 is 32.7 Å². The molecule has 3 aromatic rings. The van der Waals surface area contributed by atoms with Crippen LogP contribution < -0.4 is 5.73 Å². The van der Waals surface area contributed by atoms with Crippen LogP contribution in [0.1, 0.15) is 133 Å². The van der Waals surface area contributed by atoms with E-state index in [-0.39, 0.29) is 31.9 Å². The Labute approximate surface area is 326 Å². The van der Waals surface area contributed by atoms with Crippen molar-refractivity contribution in [3.63, 3.8) is 0 Å². The van der Waals surface area contributed by atoms with Gasteiger partial charge in [-0.05, 0) is 31.4 Å². The summed E-state index contributed by atoms with van der Waals surface area (Å²) in [4.78, 5) is 22.7. The van der Waals surface area contributed by atoms with Crippen LogP contribution in [0.5, 0.6) is 0 Å². The number of hydrogen-bond donors (Lipinski definition) is 2. The molecule has 15 nitrogen and oxygen atoms in total. The van der Waals surface area contributed by atoms with Crippen LogP contribution in [0.25, 0.3) is 5.52 Å². The number of nitrogens with zero attached hydrogens (tertiary/aromatic N) is 7. The minimum absolute atomic E-state index is 0.0118. The lowest BCUT2D eigenvalue weighted by molar-refractivity contribution is -0.0562. The SMILES string of the molecule is CCCCCCCCCCCCCCCCCCOC[C@@H](COP(=O)(O)OC[C@](C#N)(CCc1ccc2c(N)ncnn12)OC)OCc1cnc(C#N)cn1. The standard InChI is InChI=1S/C39H61N8O7P/c1-3-4-5-6-7-8-9-10-11-12-13-14-15-16-17-18-23-51-28-36(52-27-34-26-43-33(24-40)25-44-34)29-53-55(48,49)54-31-39(30-41,50-2)22-21-35-19-20-37-38(42)45-32-46-47(35)37/h19-20,25-26,32,36H,3-18,21-23,27-29,31H2,1-2H3,(H,48,49)(H2,42,45,46)/t36-,39+/m0/s1. The van der Waals surface area contributed by atoms with Crippen molar-refractivity contribution in [1.82, 2.24) is 24.6 Å². The summed E-state index contributed by atoms with van der Waals surface area (Å²) in [6.07, 6.45) is 24.4. The number of anilines is 1. The molecule has 55 heavy (non-hydrogen) atoms. The van der Waals surface area contributed by atoms with Gasteiger partial charge in [-0.3, -0.25) is 14.0 Å². The van der Waals surface area contributed by atoms with Crippen molar-refractivity contribution in [3.8, 4) is 12.1 Å². The zero-order valence-corrected chi connectivity index (χ0v) is 33.7. The van der Waals surface area contributed by atoms with Gasteiger partial charge < -0.3 is 24.8 Å². The van der Waals surface area contributed by atoms with Crippen molar-refractivity contribution in [3.05, 3.63) is 47.9 Å². The summed E-state index contributed by atoms with van der Waals surface area (Å²) in [5.41, 5.74) is 6.39. The zero-order valence-electron chi connectivity index (χ0n) is 32.8. The molecule has 0 spiro atoms. The quantitative estimate of drug-likeness (QED) is 0.0456. The van der Waals surface area contributed by atoms with Gasteiger partial charge in [0.05, 0.1) is 37.9 Å². The summed E-state index contributed by atoms with van der Waals surface area (Å²) < 4.78 is 42.5. The highest BCUT2D eigenvalue weighted by Crippen LogP contribution is 2.44. The molecule has 3 heterocycles. The molecule has 3 N–H and O–H groups in total. The van der Waals surface area contributed by atoms with E-state index in [1.807, 2.05) is 12.1 Å². The van der Waals surface area contributed by atoms with Crippen molar-refractivity contribution in [2.24, 2.45) is 0 Å². The number of nitrogens with two attached hydrogens (primary N) is 1. The number of nitriles is 2. The second kappa shape index (κ2) is 26.3. The van der Waals surface area contributed by atoms with E-state index in [2.05, 4.69) is 33.0 Å². The second-order valence-corrected chi connectivity index (χ2v) is 15.4. The largest absolute Gasteiger partial charge is 0.472 e. The molecule has 0 aliphatic carbocycles. The van der Waals surface area contributed by atoms with E-state index in [9.17, 15) is 14.7 Å². The van der Waals surface area contributed by atoms with Crippen LogP contribution in [0.2, 0.25) is 0 Å². The predicted octanol–water partition coefficient (Wildman–Crippen LogP) is 7.81. The van der Waals surface area contributed by atoms with Gasteiger partial charge in [0.15, 0.2) is 17.1 Å². The van der Waals surface area contributed by atoms with Gasteiger partial charge in [-0.15, -0.1) is 0 Å². The van der Waals surface area contributed by atoms with E-state index >= 15 is 0 Å². The topological polar surface area (TPSA) is 213 Å². The molecule has 3 atom stereocenters. The molecule has 3 rings (SSSR count). The number of fused-ring (bicyclic) bond motifs is 1. The third kappa shape index (κ3) is 17.9. The van der Waals surface area contributed by atoms with Crippen LogP contribution in [0.3, 0.4) is 0 Å². The smallest absolute Gasteiger partial charge is 0.382 e. The summed E-state index contributed by atoms with van der Waals surface area (Å²) in [5.74, 6) is 0.318. The Kier molecular flexibility index (Phi) is 22.0. The Morgan fingerprint density at radius 3 is 2.13 bits per heavy atom. The average molecular weight is 785 g/mol. The van der Waals surface area contributed by atoms with Gasteiger partial charge in [0.2, 0.25) is 0 Å². The fourth-order valence-electron chi connectivity index (χ4n) is 6.10. The number of ether oxygens (including phenoxy) is 3. The minimum atomic E-state index is -4.66. The first-order chi connectivity index (χ1) is 26.7. The molecule has 0 radical (unpaired) electrons. The molecule has 0 saturated carbocycles. The maximum absolute atomic E-state index is 13.0. The number of rotatable bonds is 32. The molecule has 0 bridgehead atoms. The first-order valence-corrected chi connectivity index (χ1v) is 21.3. The van der Waals surface area contributed by atoms with Crippen LogP contribution in [0.4, 0.5) is 5.82 Å². The first-order valence-electron chi connectivity index (χ1n) is 19.8. The number of phosphoric ester groups is 1. The van der Waals surface area contributed by atoms with E-state index in [1.165, 1.54) is 109 Å². The number of unbranched alkanes of at least 4 members (excludes halogenated alkanes) is 15. The van der Waals surface area contributed by atoms with Gasteiger partial charge in [0.1, 0.15) is 36.7 Å². The maximum atomic E-state index is 13.0. The van der Waals surface area contributed by atoms with Gasteiger partial charge in [-0.2, -0.15) is 15.6 Å². The Balaban J connectivity index is 1.38. The van der Waals surface area contributed by atoms with Crippen LogP contribution in [-0.4, -0.2) is 74.7 Å². The minimum Gasteiger partial charge on any atom is -0.382 e. The van der Waals surface area contributed by atoms with Crippen LogP contribution in [-0.2, 0) is 40.9 Å². The highest BCUT2D eigenvalue weighted by atomic mass is 31.2. The molecule has 0 amide bonds. The van der Waals surface area contributed by atoms with Crippen LogP contribution >= 0.6 is 7.82 Å². The predicted molar refractivity (Wildman–Crippen MR) is 208 cm³/mol. The molecular weight excluding hydrogens is 723 g/mol. The Morgan fingerprint density at radius 1 is 0.891 bits per heavy atom. The lowest BCUT2D eigenvalue weighted by Gasteiger charge is -2.26. The first kappa shape index (κ1) is 45.9. The Morgan fingerprint density at radius 2 is 1.55 bits per heavy atom. The fraction of sp³-hybridized carbons (Fsp3) is 0.692. The van der Waals surface area contributed by atoms with Gasteiger partial charge in [-0.25, -0.2) is 19.0 Å². The summed E-state index contributed by atoms with van der Waals surface area (Å²) in [5, 5.41) is 23.2. The molecule has 304 valence electrons. The van der Waals surface area contributed by atoms with Gasteiger partial charge in [-0.1, -0.05) is 103 Å². The molecular formula is C39H61N8O7P. The molecule has 0 saturated heterocycles. The fourth-order valence-corrected chi connectivity index (χ4v) is 6.90. The lowest BCUT2D eigenvalue weighted by Crippen LogP contribution is -2.36. The summed E-state index contributed by atoms with van der Waals surface area (Å²) in [6.45, 7) is 2.02. The summed E-state index contributed by atoms with van der Waals surface area (Å²) in [6, 6.07) is 7.57. The van der Waals surface area contributed by atoms with Crippen molar-refractivity contribution >= 4 is 19.2 Å². The van der Waals surface area contributed by atoms with Gasteiger partial charge >= 0.3 is 7.82 Å². The molecule has 1 unspecified atom stereocenters. The van der Waals surface area contributed by atoms with Crippen LogP contribution in [0, 0.1) is 22.7 Å². The molecule has 0 aromatic carbocycles. The normalized spacial score (nSPS) is 14.3. The molecule has 0 aliphatic heterocycles. The third-order valence-corrected chi connectivity index (χ3v) is 10.5. The lowest BCUT2D eigenvalue weighted by atomic mass is 9.99. The van der Waals surface area contributed by atoms with Crippen molar-refractivity contribution in [2.45, 2.75) is 141 Å². The van der Waals surface area contributed by atoms with E-state index in [1.54, 1.807) is 10.6 Å². The molecule has 0 aliphatic rings. The number of aromatic nitrogens is 5. The van der Waals surface area contributed by atoms with E-state index in [4.69, 9.17) is 34.3 Å². The highest BCUT2D eigenvalue weighted by molar-refractivity contribution is 7.47. The number of hydrogen-bond acceptors (Lipinski definition) is 13. The zero-order chi connectivity index (χ0) is 39.6. The maximum Gasteiger partial charge on any atom is 0.472 e. The van der Waals surface area contributed by atoms with Gasteiger partial charge in [0.25, 0.3) is 0 Å². The van der Waals surface area contributed by atoms with E-state index in [0.29, 0.717) is 30.1 Å². The Bertz CT molecular complexity index is 1630. The number of nitrogen functional groups attached to an aromatic ring is 1. The monoisotopic (exact) mass is 784 g/mol. The second-order valence-electron chi connectivity index (χ2n) is 13.9. The Hall–Kier alpha value is -3.53. The van der Waals surface area contributed by atoms with Gasteiger partial charge in [0, 0.05) is 19.4 Å². The number of methoxy groups -OCH3 is 1. The number of aryl methyl sites for hydroxylation is 1. The summed E-state index contributed by atoms with van der Waals surface area (Å²) >= 11 is 0. The van der Waals surface area contributed by atoms with E-state index in [0.717, 1.165) is 25.0 Å². The molecule has 16 heteroatoms. The third-order valence-electron chi connectivity index (χ3n) is 9.56. The van der Waals surface area contributed by atoms with Crippen LogP contribution in [0.15, 0.2) is 30.9 Å². The number of phosphoric acid groups is 1.